The minimum Gasteiger partial charge on any atom is -0.456 e. The summed E-state index contributed by atoms with van der Waals surface area (Å²) in [6.45, 7) is 0. The SMILES string of the molecule is CNC(=O)c1cc(Oc2ccccc2I)ccn1. The highest BCUT2D eigenvalue weighted by molar-refractivity contribution is 14.1. The van der Waals surface area contributed by atoms with Crippen molar-refractivity contribution in [1.29, 1.82) is 0 Å². The summed E-state index contributed by atoms with van der Waals surface area (Å²) >= 11 is 2.20. The van der Waals surface area contributed by atoms with Gasteiger partial charge in [0.2, 0.25) is 0 Å². The highest BCUT2D eigenvalue weighted by Gasteiger charge is 2.07. The Morgan fingerprint density at radius 2 is 2.11 bits per heavy atom. The van der Waals surface area contributed by atoms with E-state index in [9.17, 15) is 4.79 Å². The van der Waals surface area contributed by atoms with Crippen LogP contribution in [0.15, 0.2) is 42.6 Å². The fourth-order valence-corrected chi connectivity index (χ4v) is 1.88. The van der Waals surface area contributed by atoms with Gasteiger partial charge in [0.1, 0.15) is 17.2 Å². The average Bonchev–Trinajstić information content (AvgIpc) is 2.41. The Balaban J connectivity index is 2.25. The molecular weight excluding hydrogens is 343 g/mol. The van der Waals surface area contributed by atoms with E-state index >= 15 is 0 Å². The zero-order valence-electron chi connectivity index (χ0n) is 9.68. The second-order valence-electron chi connectivity index (χ2n) is 3.49. The van der Waals surface area contributed by atoms with Gasteiger partial charge in [-0.25, -0.2) is 0 Å². The van der Waals surface area contributed by atoms with Crippen LogP contribution in [0.5, 0.6) is 11.5 Å². The van der Waals surface area contributed by atoms with Crippen LogP contribution in [-0.2, 0) is 0 Å². The molecule has 2 aromatic rings. The molecule has 5 heteroatoms. The van der Waals surface area contributed by atoms with E-state index in [1.165, 1.54) is 0 Å². The molecule has 0 saturated carbocycles. The van der Waals surface area contributed by atoms with E-state index in [4.69, 9.17) is 4.74 Å². The topological polar surface area (TPSA) is 51.2 Å². The van der Waals surface area contributed by atoms with Gasteiger partial charge < -0.3 is 10.1 Å². The van der Waals surface area contributed by atoms with Gasteiger partial charge in [0, 0.05) is 19.3 Å². The van der Waals surface area contributed by atoms with Crippen molar-refractivity contribution >= 4 is 28.5 Å². The first-order chi connectivity index (χ1) is 8.70. The fraction of sp³-hybridized carbons (Fsp3) is 0.0769. The van der Waals surface area contributed by atoms with Crippen molar-refractivity contribution in [3.8, 4) is 11.5 Å². The van der Waals surface area contributed by atoms with Crippen LogP contribution in [0.2, 0.25) is 0 Å². The number of pyridine rings is 1. The number of para-hydroxylation sites is 1. The van der Waals surface area contributed by atoms with E-state index in [0.29, 0.717) is 11.4 Å². The van der Waals surface area contributed by atoms with Crippen molar-refractivity contribution in [2.45, 2.75) is 0 Å². The number of amides is 1. The van der Waals surface area contributed by atoms with Gasteiger partial charge in [0.15, 0.2) is 0 Å². The van der Waals surface area contributed by atoms with E-state index in [1.54, 1.807) is 25.4 Å². The molecule has 0 aliphatic carbocycles. The normalized spacial score (nSPS) is 9.89. The minimum absolute atomic E-state index is 0.233. The summed E-state index contributed by atoms with van der Waals surface area (Å²) in [5.41, 5.74) is 0.334. The molecule has 18 heavy (non-hydrogen) atoms. The van der Waals surface area contributed by atoms with Crippen LogP contribution in [0.4, 0.5) is 0 Å². The molecule has 0 saturated heterocycles. The molecule has 0 unspecified atom stereocenters. The third kappa shape index (κ3) is 2.98. The third-order valence-corrected chi connectivity index (χ3v) is 3.15. The Labute approximate surface area is 119 Å². The molecule has 1 aromatic carbocycles. The van der Waals surface area contributed by atoms with Crippen molar-refractivity contribution in [3.05, 3.63) is 51.9 Å². The van der Waals surface area contributed by atoms with Gasteiger partial charge in [0.25, 0.3) is 5.91 Å². The molecule has 4 nitrogen and oxygen atoms in total. The lowest BCUT2D eigenvalue weighted by atomic mass is 10.3. The molecule has 0 aliphatic heterocycles. The molecule has 1 N–H and O–H groups in total. The Kier molecular flexibility index (Phi) is 4.14. The summed E-state index contributed by atoms with van der Waals surface area (Å²) in [5, 5.41) is 2.53. The number of nitrogens with one attached hydrogen (secondary N) is 1. The summed E-state index contributed by atoms with van der Waals surface area (Å²) in [6, 6.07) is 11.0. The quantitative estimate of drug-likeness (QED) is 0.863. The molecule has 0 radical (unpaired) electrons. The number of hydrogen-bond donors (Lipinski definition) is 1. The highest BCUT2D eigenvalue weighted by Crippen LogP contribution is 2.26. The maximum atomic E-state index is 11.5. The van der Waals surface area contributed by atoms with E-state index < -0.39 is 0 Å². The van der Waals surface area contributed by atoms with Crippen molar-refractivity contribution in [2.24, 2.45) is 0 Å². The second kappa shape index (κ2) is 5.81. The van der Waals surface area contributed by atoms with E-state index in [0.717, 1.165) is 9.32 Å². The van der Waals surface area contributed by atoms with Crippen molar-refractivity contribution < 1.29 is 9.53 Å². The molecule has 0 fully saturated rings. The number of nitrogens with zero attached hydrogens (tertiary/aromatic N) is 1. The number of carbonyl (C=O) groups is 1. The number of aromatic nitrogens is 1. The number of benzene rings is 1. The molecule has 92 valence electrons. The van der Waals surface area contributed by atoms with Crippen LogP contribution in [-0.4, -0.2) is 17.9 Å². The Morgan fingerprint density at radius 3 is 2.83 bits per heavy atom. The van der Waals surface area contributed by atoms with Gasteiger partial charge in [-0.15, -0.1) is 0 Å². The van der Waals surface area contributed by atoms with Crippen molar-refractivity contribution in [2.75, 3.05) is 7.05 Å². The van der Waals surface area contributed by atoms with Crippen LogP contribution in [0.1, 0.15) is 10.5 Å². The first kappa shape index (κ1) is 12.8. The molecule has 0 atom stereocenters. The van der Waals surface area contributed by atoms with Crippen LogP contribution >= 0.6 is 22.6 Å². The van der Waals surface area contributed by atoms with Gasteiger partial charge in [-0.05, 0) is 40.8 Å². The van der Waals surface area contributed by atoms with Crippen LogP contribution in [0.3, 0.4) is 0 Å². The predicted molar refractivity (Wildman–Crippen MR) is 76.9 cm³/mol. The number of halogens is 1. The van der Waals surface area contributed by atoms with Crippen LogP contribution in [0.25, 0.3) is 0 Å². The number of hydrogen-bond acceptors (Lipinski definition) is 3. The predicted octanol–water partition coefficient (Wildman–Crippen LogP) is 2.84. The standard InChI is InChI=1S/C13H11IN2O2/c1-15-13(17)11-8-9(6-7-16-11)18-12-5-3-2-4-10(12)14/h2-8H,1H3,(H,15,17). The van der Waals surface area contributed by atoms with Crippen molar-refractivity contribution in [1.82, 2.24) is 10.3 Å². The maximum absolute atomic E-state index is 11.5. The molecule has 0 aliphatic rings. The molecular formula is C13H11IN2O2. The fourth-order valence-electron chi connectivity index (χ4n) is 1.38. The third-order valence-electron chi connectivity index (χ3n) is 2.26. The summed E-state index contributed by atoms with van der Waals surface area (Å²) in [5.74, 6) is 1.11. The lowest BCUT2D eigenvalue weighted by molar-refractivity contribution is 0.0958. The maximum Gasteiger partial charge on any atom is 0.269 e. The molecule has 2 rings (SSSR count). The second-order valence-corrected chi connectivity index (χ2v) is 4.65. The molecule has 0 bridgehead atoms. The summed E-state index contributed by atoms with van der Waals surface area (Å²) in [4.78, 5) is 15.4. The van der Waals surface area contributed by atoms with Crippen LogP contribution in [0, 0.1) is 3.57 Å². The first-order valence-corrected chi connectivity index (χ1v) is 6.39. The van der Waals surface area contributed by atoms with E-state index in [2.05, 4.69) is 32.9 Å². The average molecular weight is 354 g/mol. The van der Waals surface area contributed by atoms with Gasteiger partial charge in [-0.3, -0.25) is 9.78 Å². The van der Waals surface area contributed by atoms with E-state index in [-0.39, 0.29) is 5.91 Å². The smallest absolute Gasteiger partial charge is 0.269 e. The lowest BCUT2D eigenvalue weighted by Gasteiger charge is -2.08. The summed E-state index contributed by atoms with van der Waals surface area (Å²) in [7, 11) is 1.57. The number of carbonyl (C=O) groups excluding carboxylic acids is 1. The van der Waals surface area contributed by atoms with Gasteiger partial charge >= 0.3 is 0 Å². The molecule has 0 spiro atoms. The van der Waals surface area contributed by atoms with Crippen molar-refractivity contribution in [3.63, 3.8) is 0 Å². The Morgan fingerprint density at radius 1 is 1.33 bits per heavy atom. The highest BCUT2D eigenvalue weighted by atomic mass is 127. The zero-order valence-corrected chi connectivity index (χ0v) is 11.8. The van der Waals surface area contributed by atoms with Crippen LogP contribution < -0.4 is 10.1 Å². The lowest BCUT2D eigenvalue weighted by Crippen LogP contribution is -2.18. The molecule has 1 aromatic heterocycles. The monoisotopic (exact) mass is 354 g/mol. The first-order valence-electron chi connectivity index (χ1n) is 5.31. The largest absolute Gasteiger partial charge is 0.456 e. The Bertz CT molecular complexity index is 572. The summed E-state index contributed by atoms with van der Waals surface area (Å²) < 4.78 is 6.72. The zero-order chi connectivity index (χ0) is 13.0. The van der Waals surface area contributed by atoms with Gasteiger partial charge in [0.05, 0.1) is 3.57 Å². The molecule has 1 amide bonds. The number of ether oxygens (including phenoxy) is 1. The van der Waals surface area contributed by atoms with Gasteiger partial charge in [-0.1, -0.05) is 12.1 Å². The Hall–Kier alpha value is -1.63. The van der Waals surface area contributed by atoms with E-state index in [1.807, 2.05) is 24.3 Å². The number of rotatable bonds is 3. The molecule has 1 heterocycles. The minimum atomic E-state index is -0.233. The summed E-state index contributed by atoms with van der Waals surface area (Å²) in [6.07, 6.45) is 1.55. The van der Waals surface area contributed by atoms with Gasteiger partial charge in [-0.2, -0.15) is 0 Å².